The molecule has 3 fully saturated rings. The summed E-state index contributed by atoms with van der Waals surface area (Å²) in [5, 5.41) is 0. The highest BCUT2D eigenvalue weighted by atomic mass is 16.5. The lowest BCUT2D eigenvalue weighted by Crippen LogP contribution is -2.55. The Morgan fingerprint density at radius 3 is 2.06 bits per heavy atom. The molecule has 3 aliphatic rings. The third-order valence-corrected chi connectivity index (χ3v) is 5.05. The van der Waals surface area contributed by atoms with Crippen LogP contribution in [0, 0.1) is 10.8 Å². The van der Waals surface area contributed by atoms with Crippen molar-refractivity contribution in [1.82, 2.24) is 0 Å². The number of ether oxygens (including phenoxy) is 1. The number of rotatable bonds is 0. The van der Waals surface area contributed by atoms with Crippen LogP contribution >= 0.6 is 0 Å². The van der Waals surface area contributed by atoms with Crippen molar-refractivity contribution in [2.45, 2.75) is 57.8 Å². The van der Waals surface area contributed by atoms with Crippen LogP contribution in [0.1, 0.15) is 57.8 Å². The first-order valence-electron chi connectivity index (χ1n) is 6.92. The quantitative estimate of drug-likeness (QED) is 0.479. The maximum Gasteiger partial charge on any atom is 0.319 e. The SMILES string of the molecule is O=C1OCC2(CCCCC2)C(=O)C12CCCC2. The molecule has 1 heterocycles. The Hall–Kier alpha value is -0.860. The first-order valence-corrected chi connectivity index (χ1v) is 6.92. The highest BCUT2D eigenvalue weighted by molar-refractivity contribution is 6.08. The summed E-state index contributed by atoms with van der Waals surface area (Å²) in [6.45, 7) is 0.354. The summed E-state index contributed by atoms with van der Waals surface area (Å²) in [6, 6.07) is 0. The Labute approximate surface area is 102 Å². The molecule has 0 amide bonds. The molecule has 0 radical (unpaired) electrons. The number of hydrogen-bond donors (Lipinski definition) is 0. The monoisotopic (exact) mass is 236 g/mol. The van der Waals surface area contributed by atoms with Gasteiger partial charge in [0.05, 0.1) is 5.41 Å². The van der Waals surface area contributed by atoms with E-state index in [9.17, 15) is 9.59 Å². The van der Waals surface area contributed by atoms with E-state index in [1.54, 1.807) is 0 Å². The van der Waals surface area contributed by atoms with Gasteiger partial charge in [0.25, 0.3) is 0 Å². The summed E-state index contributed by atoms with van der Waals surface area (Å²) in [5.74, 6) is 0.00893. The molecule has 2 aliphatic carbocycles. The summed E-state index contributed by atoms with van der Waals surface area (Å²) in [5.41, 5.74) is -1.05. The van der Waals surface area contributed by atoms with E-state index in [0.717, 1.165) is 51.4 Å². The van der Waals surface area contributed by atoms with Crippen LogP contribution in [0.15, 0.2) is 0 Å². The van der Waals surface area contributed by atoms with E-state index in [4.69, 9.17) is 4.74 Å². The van der Waals surface area contributed by atoms with Crippen LogP contribution in [0.3, 0.4) is 0 Å². The largest absolute Gasteiger partial charge is 0.464 e. The maximum atomic E-state index is 12.8. The third kappa shape index (κ3) is 1.47. The predicted molar refractivity (Wildman–Crippen MR) is 62.4 cm³/mol. The minimum atomic E-state index is -0.740. The maximum absolute atomic E-state index is 12.8. The van der Waals surface area contributed by atoms with Gasteiger partial charge in [-0.25, -0.2) is 0 Å². The molecule has 2 saturated carbocycles. The fraction of sp³-hybridized carbons (Fsp3) is 0.857. The zero-order valence-corrected chi connectivity index (χ0v) is 10.3. The molecule has 3 rings (SSSR count). The number of Topliss-reactive ketones (excluding diaryl/α,β-unsaturated/α-hetero) is 1. The molecule has 3 heteroatoms. The van der Waals surface area contributed by atoms with E-state index < -0.39 is 5.41 Å². The fourth-order valence-corrected chi connectivity index (χ4v) is 4.02. The van der Waals surface area contributed by atoms with Crippen molar-refractivity contribution in [2.24, 2.45) is 10.8 Å². The Morgan fingerprint density at radius 2 is 1.41 bits per heavy atom. The Balaban J connectivity index is 1.94. The van der Waals surface area contributed by atoms with E-state index in [0.29, 0.717) is 6.61 Å². The van der Waals surface area contributed by atoms with Gasteiger partial charge in [-0.15, -0.1) is 0 Å². The van der Waals surface area contributed by atoms with Gasteiger partial charge in [0.1, 0.15) is 12.0 Å². The predicted octanol–water partition coefficient (Wildman–Crippen LogP) is 2.62. The number of esters is 1. The number of cyclic esters (lactones) is 1. The van der Waals surface area contributed by atoms with Gasteiger partial charge in [-0.05, 0) is 25.7 Å². The van der Waals surface area contributed by atoms with Crippen molar-refractivity contribution in [3.8, 4) is 0 Å². The summed E-state index contributed by atoms with van der Waals surface area (Å²) in [6.07, 6.45) is 8.75. The Bertz CT molecular complexity index is 346. The normalized spacial score (nSPS) is 30.8. The average molecular weight is 236 g/mol. The lowest BCUT2D eigenvalue weighted by atomic mass is 9.61. The number of carbonyl (C=O) groups excluding carboxylic acids is 2. The van der Waals surface area contributed by atoms with E-state index in [-0.39, 0.29) is 17.2 Å². The zero-order chi connectivity index (χ0) is 11.9. The Morgan fingerprint density at radius 1 is 0.824 bits per heavy atom. The molecular formula is C14H20O3. The third-order valence-electron chi connectivity index (χ3n) is 5.05. The van der Waals surface area contributed by atoms with E-state index in [1.807, 2.05) is 0 Å². The molecule has 0 aromatic carbocycles. The molecular weight excluding hydrogens is 216 g/mol. The highest BCUT2D eigenvalue weighted by Gasteiger charge is 2.60. The molecule has 0 aromatic rings. The van der Waals surface area contributed by atoms with Crippen LogP contribution in [-0.4, -0.2) is 18.4 Å². The van der Waals surface area contributed by atoms with Gasteiger partial charge in [-0.1, -0.05) is 32.1 Å². The molecule has 0 aromatic heterocycles. The molecule has 0 atom stereocenters. The smallest absolute Gasteiger partial charge is 0.319 e. The van der Waals surface area contributed by atoms with Gasteiger partial charge in [-0.3, -0.25) is 9.59 Å². The van der Waals surface area contributed by atoms with Crippen molar-refractivity contribution < 1.29 is 14.3 Å². The molecule has 94 valence electrons. The molecule has 0 N–H and O–H groups in total. The summed E-state index contributed by atoms with van der Waals surface area (Å²) < 4.78 is 5.42. The minimum absolute atomic E-state index is 0.226. The summed E-state index contributed by atoms with van der Waals surface area (Å²) in [7, 11) is 0. The van der Waals surface area contributed by atoms with Crippen molar-refractivity contribution >= 4 is 11.8 Å². The van der Waals surface area contributed by atoms with Crippen molar-refractivity contribution in [1.29, 1.82) is 0 Å². The number of hydrogen-bond acceptors (Lipinski definition) is 3. The van der Waals surface area contributed by atoms with Crippen LogP contribution in [0.5, 0.6) is 0 Å². The molecule has 3 nitrogen and oxygen atoms in total. The van der Waals surface area contributed by atoms with Crippen LogP contribution in [0.25, 0.3) is 0 Å². The topological polar surface area (TPSA) is 43.4 Å². The van der Waals surface area contributed by atoms with Crippen molar-refractivity contribution in [3.05, 3.63) is 0 Å². The molecule has 1 aliphatic heterocycles. The second-order valence-electron chi connectivity index (χ2n) is 6.04. The van der Waals surface area contributed by atoms with Crippen molar-refractivity contribution in [2.75, 3.05) is 6.61 Å². The minimum Gasteiger partial charge on any atom is -0.464 e. The fourth-order valence-electron chi connectivity index (χ4n) is 4.02. The van der Waals surface area contributed by atoms with Crippen molar-refractivity contribution in [3.63, 3.8) is 0 Å². The lowest BCUT2D eigenvalue weighted by Gasteiger charge is -2.45. The summed E-state index contributed by atoms with van der Waals surface area (Å²) >= 11 is 0. The standard InChI is InChI=1S/C14H20O3/c15-11-13(6-2-1-3-7-13)10-17-12(16)14(11)8-4-5-9-14/h1-10H2. The molecule has 0 bridgehead atoms. The lowest BCUT2D eigenvalue weighted by molar-refractivity contribution is -0.181. The Kier molecular flexibility index (Phi) is 2.53. The average Bonchev–Trinajstić information content (AvgIpc) is 2.85. The van der Waals surface area contributed by atoms with Gasteiger partial charge >= 0.3 is 5.97 Å². The first kappa shape index (κ1) is 11.2. The molecule has 1 saturated heterocycles. The summed E-state index contributed by atoms with van der Waals surface area (Å²) in [4.78, 5) is 24.8. The van der Waals surface area contributed by atoms with E-state index >= 15 is 0 Å². The van der Waals surface area contributed by atoms with Gasteiger partial charge in [0.15, 0.2) is 5.78 Å². The van der Waals surface area contributed by atoms with Gasteiger partial charge in [-0.2, -0.15) is 0 Å². The van der Waals surface area contributed by atoms with E-state index in [2.05, 4.69) is 0 Å². The highest BCUT2D eigenvalue weighted by Crippen LogP contribution is 2.52. The zero-order valence-electron chi connectivity index (χ0n) is 10.3. The van der Waals surface area contributed by atoms with Gasteiger partial charge in [0, 0.05) is 0 Å². The molecule has 0 unspecified atom stereocenters. The van der Waals surface area contributed by atoms with Crippen LogP contribution in [-0.2, 0) is 14.3 Å². The van der Waals surface area contributed by atoms with Gasteiger partial charge in [0.2, 0.25) is 0 Å². The number of carbonyl (C=O) groups is 2. The second kappa shape index (κ2) is 3.82. The molecule has 17 heavy (non-hydrogen) atoms. The van der Waals surface area contributed by atoms with Gasteiger partial charge < -0.3 is 4.74 Å². The van der Waals surface area contributed by atoms with Crippen LogP contribution in [0.4, 0.5) is 0 Å². The van der Waals surface area contributed by atoms with Crippen LogP contribution < -0.4 is 0 Å². The van der Waals surface area contributed by atoms with E-state index in [1.165, 1.54) is 6.42 Å². The molecule has 2 spiro atoms. The van der Waals surface area contributed by atoms with Crippen LogP contribution in [0.2, 0.25) is 0 Å². The first-order chi connectivity index (χ1) is 8.20. The second-order valence-corrected chi connectivity index (χ2v) is 6.04. The number of ketones is 1.